The van der Waals surface area contributed by atoms with E-state index < -0.39 is 0 Å². The lowest BCUT2D eigenvalue weighted by molar-refractivity contribution is -0.142. The van der Waals surface area contributed by atoms with E-state index in [1.165, 1.54) is 0 Å². The van der Waals surface area contributed by atoms with Gasteiger partial charge in [-0.2, -0.15) is 0 Å². The molecule has 116 valence electrons. The van der Waals surface area contributed by atoms with Crippen LogP contribution in [-0.2, 0) is 9.59 Å². The van der Waals surface area contributed by atoms with Gasteiger partial charge in [-0.25, -0.2) is 0 Å². The lowest BCUT2D eigenvalue weighted by Gasteiger charge is -2.36. The van der Waals surface area contributed by atoms with Crippen molar-refractivity contribution >= 4 is 11.8 Å². The zero-order valence-corrected chi connectivity index (χ0v) is 13.3. The van der Waals surface area contributed by atoms with Crippen LogP contribution >= 0.6 is 0 Å². The molecular weight excluding hydrogens is 254 g/mol. The highest BCUT2D eigenvalue weighted by molar-refractivity contribution is 5.82. The first-order valence-electron chi connectivity index (χ1n) is 7.67. The topological polar surface area (TPSA) is 66.6 Å². The summed E-state index contributed by atoms with van der Waals surface area (Å²) in [5.41, 5.74) is 5.62. The van der Waals surface area contributed by atoms with Crippen molar-refractivity contribution in [1.29, 1.82) is 0 Å². The van der Waals surface area contributed by atoms with Crippen molar-refractivity contribution in [2.24, 2.45) is 17.6 Å². The van der Waals surface area contributed by atoms with Crippen LogP contribution in [0.25, 0.3) is 0 Å². The van der Waals surface area contributed by atoms with E-state index in [2.05, 4.69) is 0 Å². The van der Waals surface area contributed by atoms with E-state index in [4.69, 9.17) is 5.73 Å². The first kappa shape index (κ1) is 17.0. The molecule has 0 aliphatic carbocycles. The molecule has 0 bridgehead atoms. The standard InChI is InChI=1S/C15H29N3O2/c1-5-11(2)14(19)18-8-6-7-13(10-18)15(20)17(4)12(3)9-16/h11-13H,5-10,16H2,1-4H3. The molecule has 0 spiro atoms. The number of hydrogen-bond donors (Lipinski definition) is 1. The molecule has 20 heavy (non-hydrogen) atoms. The predicted molar refractivity (Wildman–Crippen MR) is 80.0 cm³/mol. The van der Waals surface area contributed by atoms with Gasteiger partial charge in [-0.1, -0.05) is 13.8 Å². The van der Waals surface area contributed by atoms with E-state index in [0.717, 1.165) is 25.8 Å². The number of carbonyl (C=O) groups is 2. The molecule has 0 aromatic heterocycles. The molecule has 1 aliphatic rings. The van der Waals surface area contributed by atoms with E-state index in [1.54, 1.807) is 11.9 Å². The highest BCUT2D eigenvalue weighted by Crippen LogP contribution is 2.21. The highest BCUT2D eigenvalue weighted by Gasteiger charge is 2.32. The minimum Gasteiger partial charge on any atom is -0.342 e. The average molecular weight is 283 g/mol. The van der Waals surface area contributed by atoms with Crippen LogP contribution in [0.2, 0.25) is 0 Å². The van der Waals surface area contributed by atoms with E-state index >= 15 is 0 Å². The van der Waals surface area contributed by atoms with Crippen LogP contribution in [0.4, 0.5) is 0 Å². The van der Waals surface area contributed by atoms with Gasteiger partial charge in [-0.3, -0.25) is 9.59 Å². The van der Waals surface area contributed by atoms with Gasteiger partial charge < -0.3 is 15.5 Å². The Morgan fingerprint density at radius 2 is 2.05 bits per heavy atom. The first-order valence-corrected chi connectivity index (χ1v) is 7.67. The van der Waals surface area contributed by atoms with E-state index in [9.17, 15) is 9.59 Å². The second kappa shape index (κ2) is 7.62. The maximum Gasteiger partial charge on any atom is 0.227 e. The molecule has 3 atom stereocenters. The molecule has 1 rings (SSSR count). The van der Waals surface area contributed by atoms with Crippen LogP contribution in [0.15, 0.2) is 0 Å². The Morgan fingerprint density at radius 1 is 1.40 bits per heavy atom. The molecule has 5 heteroatoms. The lowest BCUT2D eigenvalue weighted by Crippen LogP contribution is -2.49. The second-order valence-corrected chi connectivity index (χ2v) is 5.97. The highest BCUT2D eigenvalue weighted by atomic mass is 16.2. The van der Waals surface area contributed by atoms with Gasteiger partial charge in [-0.05, 0) is 26.2 Å². The zero-order valence-electron chi connectivity index (χ0n) is 13.3. The molecule has 2 N–H and O–H groups in total. The average Bonchev–Trinajstić information content (AvgIpc) is 2.51. The predicted octanol–water partition coefficient (Wildman–Crippen LogP) is 1.08. The zero-order chi connectivity index (χ0) is 15.3. The van der Waals surface area contributed by atoms with Gasteiger partial charge in [0, 0.05) is 38.6 Å². The van der Waals surface area contributed by atoms with Crippen molar-refractivity contribution in [3.63, 3.8) is 0 Å². The molecular formula is C15H29N3O2. The fraction of sp³-hybridized carbons (Fsp3) is 0.867. The number of nitrogens with two attached hydrogens (primary N) is 1. The third kappa shape index (κ3) is 3.95. The van der Waals surface area contributed by atoms with Crippen LogP contribution < -0.4 is 5.73 Å². The van der Waals surface area contributed by atoms with Crippen molar-refractivity contribution in [2.45, 2.75) is 46.1 Å². The summed E-state index contributed by atoms with van der Waals surface area (Å²) in [6.45, 7) is 7.72. The fourth-order valence-corrected chi connectivity index (χ4v) is 2.53. The summed E-state index contributed by atoms with van der Waals surface area (Å²) in [4.78, 5) is 28.3. The summed E-state index contributed by atoms with van der Waals surface area (Å²) < 4.78 is 0. The summed E-state index contributed by atoms with van der Waals surface area (Å²) >= 11 is 0. The summed E-state index contributed by atoms with van der Waals surface area (Å²) in [6.07, 6.45) is 2.62. The number of amides is 2. The van der Waals surface area contributed by atoms with Gasteiger partial charge >= 0.3 is 0 Å². The number of hydrogen-bond acceptors (Lipinski definition) is 3. The third-order valence-corrected chi connectivity index (χ3v) is 4.47. The molecule has 2 amide bonds. The Hall–Kier alpha value is -1.10. The van der Waals surface area contributed by atoms with Crippen molar-refractivity contribution in [2.75, 3.05) is 26.7 Å². The Kier molecular flexibility index (Phi) is 6.46. The fourth-order valence-electron chi connectivity index (χ4n) is 2.53. The SMILES string of the molecule is CCC(C)C(=O)N1CCCC(C(=O)N(C)C(C)CN)C1. The van der Waals surface area contributed by atoms with E-state index in [1.807, 2.05) is 25.7 Å². The largest absolute Gasteiger partial charge is 0.342 e. The molecule has 1 aliphatic heterocycles. The monoisotopic (exact) mass is 283 g/mol. The van der Waals surface area contributed by atoms with Crippen molar-refractivity contribution in [3.8, 4) is 0 Å². The van der Waals surface area contributed by atoms with Gasteiger partial charge in [0.2, 0.25) is 11.8 Å². The van der Waals surface area contributed by atoms with Crippen molar-refractivity contribution in [3.05, 3.63) is 0 Å². The van der Waals surface area contributed by atoms with Crippen LogP contribution in [0.5, 0.6) is 0 Å². The van der Waals surface area contributed by atoms with Gasteiger partial charge in [0.25, 0.3) is 0 Å². The Bertz CT molecular complexity index is 346. The molecule has 1 heterocycles. The van der Waals surface area contributed by atoms with Gasteiger partial charge in [0.1, 0.15) is 0 Å². The van der Waals surface area contributed by atoms with Gasteiger partial charge in [0.15, 0.2) is 0 Å². The van der Waals surface area contributed by atoms with E-state index in [0.29, 0.717) is 13.1 Å². The molecule has 1 saturated heterocycles. The van der Waals surface area contributed by atoms with Gasteiger partial charge in [0.05, 0.1) is 5.92 Å². The van der Waals surface area contributed by atoms with Crippen molar-refractivity contribution in [1.82, 2.24) is 9.80 Å². The minimum absolute atomic E-state index is 0.0446. The molecule has 0 saturated carbocycles. The third-order valence-electron chi connectivity index (χ3n) is 4.47. The summed E-state index contributed by atoms with van der Waals surface area (Å²) in [6, 6.07) is 0.0446. The second-order valence-electron chi connectivity index (χ2n) is 5.97. The number of rotatable bonds is 5. The number of likely N-dealkylation sites (tertiary alicyclic amines) is 1. The van der Waals surface area contributed by atoms with E-state index in [-0.39, 0.29) is 29.7 Å². The summed E-state index contributed by atoms with van der Waals surface area (Å²) in [5.74, 6) is 0.268. The lowest BCUT2D eigenvalue weighted by atomic mass is 9.94. The normalized spacial score (nSPS) is 22.2. The molecule has 0 aromatic carbocycles. The summed E-state index contributed by atoms with van der Waals surface area (Å²) in [5, 5.41) is 0. The van der Waals surface area contributed by atoms with Crippen LogP contribution in [0.1, 0.15) is 40.0 Å². The number of likely N-dealkylation sites (N-methyl/N-ethyl adjacent to an activating group) is 1. The number of piperidine rings is 1. The Morgan fingerprint density at radius 3 is 2.60 bits per heavy atom. The smallest absolute Gasteiger partial charge is 0.227 e. The summed E-state index contributed by atoms with van der Waals surface area (Å²) in [7, 11) is 1.80. The van der Waals surface area contributed by atoms with Crippen LogP contribution in [-0.4, -0.2) is 54.3 Å². The number of nitrogens with zero attached hydrogens (tertiary/aromatic N) is 2. The molecule has 0 aromatic rings. The van der Waals surface area contributed by atoms with Gasteiger partial charge in [-0.15, -0.1) is 0 Å². The minimum atomic E-state index is -0.0734. The molecule has 1 fully saturated rings. The van der Waals surface area contributed by atoms with Crippen molar-refractivity contribution < 1.29 is 9.59 Å². The van der Waals surface area contributed by atoms with Crippen LogP contribution in [0.3, 0.4) is 0 Å². The Labute approximate surface area is 122 Å². The Balaban J connectivity index is 2.65. The maximum absolute atomic E-state index is 12.4. The van der Waals surface area contributed by atoms with Crippen LogP contribution in [0, 0.1) is 11.8 Å². The first-order chi connectivity index (χ1) is 9.42. The maximum atomic E-state index is 12.4. The molecule has 5 nitrogen and oxygen atoms in total. The molecule has 0 radical (unpaired) electrons. The quantitative estimate of drug-likeness (QED) is 0.821. The molecule has 3 unspecified atom stereocenters. The number of carbonyl (C=O) groups excluding carboxylic acids is 2.